The number of rotatable bonds is 4. The Bertz CT molecular complexity index is 328. The van der Waals surface area contributed by atoms with Gasteiger partial charge in [-0.1, -0.05) is 17.7 Å². The average Bonchev–Trinajstić information content (AvgIpc) is 2.20. The van der Waals surface area contributed by atoms with Gasteiger partial charge >= 0.3 is 0 Å². The minimum absolute atomic E-state index is 0.206. The van der Waals surface area contributed by atoms with Gasteiger partial charge in [0.25, 0.3) is 0 Å². The molecule has 2 nitrogen and oxygen atoms in total. The maximum absolute atomic E-state index is 13.2. The minimum atomic E-state index is -0.407. The molecule has 0 bridgehead atoms. The third-order valence-corrected chi connectivity index (χ3v) is 1.83. The van der Waals surface area contributed by atoms with Crippen LogP contribution >= 0.6 is 11.6 Å². The van der Waals surface area contributed by atoms with Crippen LogP contribution < -0.4 is 10.5 Å². The Morgan fingerprint density at radius 3 is 2.86 bits per heavy atom. The summed E-state index contributed by atoms with van der Waals surface area (Å²) in [5, 5.41) is 0. The number of ether oxygens (including phenoxy) is 1. The first-order valence-electron chi connectivity index (χ1n) is 4.14. The van der Waals surface area contributed by atoms with E-state index in [-0.39, 0.29) is 12.4 Å². The van der Waals surface area contributed by atoms with E-state index in [9.17, 15) is 4.39 Å². The molecule has 0 saturated heterocycles. The van der Waals surface area contributed by atoms with Crippen LogP contribution in [-0.2, 0) is 6.54 Å². The predicted molar refractivity (Wildman–Crippen MR) is 54.8 cm³/mol. The summed E-state index contributed by atoms with van der Waals surface area (Å²) in [6, 6.07) is 4.64. The van der Waals surface area contributed by atoms with Gasteiger partial charge in [-0.25, -0.2) is 4.39 Å². The van der Waals surface area contributed by atoms with Crippen LogP contribution in [0.15, 0.2) is 29.8 Å². The summed E-state index contributed by atoms with van der Waals surface area (Å²) in [6.45, 7) is 0.571. The van der Waals surface area contributed by atoms with Crippen molar-refractivity contribution >= 4 is 11.6 Å². The Morgan fingerprint density at radius 2 is 2.29 bits per heavy atom. The van der Waals surface area contributed by atoms with Crippen molar-refractivity contribution in [3.63, 3.8) is 0 Å². The van der Waals surface area contributed by atoms with Crippen molar-refractivity contribution in [3.05, 3.63) is 41.2 Å². The molecular weight excluding hydrogens is 205 g/mol. The first-order chi connectivity index (χ1) is 6.77. The number of hydrogen-bond donors (Lipinski definition) is 1. The molecule has 1 aromatic carbocycles. The van der Waals surface area contributed by atoms with Crippen molar-refractivity contribution in [3.8, 4) is 5.75 Å². The van der Waals surface area contributed by atoms with Gasteiger partial charge in [-0.15, -0.1) is 0 Å². The first-order valence-corrected chi connectivity index (χ1v) is 4.58. The largest absolute Gasteiger partial charge is 0.486 e. The van der Waals surface area contributed by atoms with E-state index in [1.807, 2.05) is 0 Å². The molecule has 0 aliphatic carbocycles. The fraction of sp³-hybridized carbons (Fsp3) is 0.200. The van der Waals surface area contributed by atoms with E-state index in [1.165, 1.54) is 11.6 Å². The van der Waals surface area contributed by atoms with Gasteiger partial charge in [-0.3, -0.25) is 0 Å². The third kappa shape index (κ3) is 3.01. The van der Waals surface area contributed by atoms with Gasteiger partial charge in [0.15, 0.2) is 11.6 Å². The molecule has 0 unspecified atom stereocenters. The van der Waals surface area contributed by atoms with Gasteiger partial charge in [0.2, 0.25) is 0 Å². The standard InChI is InChI=1S/C10H11ClFNO/c11-4-1-5-14-10-3-2-8(7-13)6-9(10)12/h1-4,6H,5,7,13H2/b4-1+. The summed E-state index contributed by atoms with van der Waals surface area (Å²) in [5.41, 5.74) is 7.42. The van der Waals surface area contributed by atoms with Crippen LogP contribution in [0.2, 0.25) is 0 Å². The highest BCUT2D eigenvalue weighted by Gasteiger charge is 2.02. The molecule has 1 aromatic rings. The smallest absolute Gasteiger partial charge is 0.165 e. The van der Waals surface area contributed by atoms with Crippen LogP contribution in [0.25, 0.3) is 0 Å². The highest BCUT2D eigenvalue weighted by Crippen LogP contribution is 2.17. The Hall–Kier alpha value is -1.06. The molecular formula is C10H11ClFNO. The van der Waals surface area contributed by atoms with Crippen molar-refractivity contribution in [2.45, 2.75) is 6.54 Å². The van der Waals surface area contributed by atoms with Gasteiger partial charge in [0.05, 0.1) is 0 Å². The molecule has 0 aromatic heterocycles. The van der Waals surface area contributed by atoms with Gasteiger partial charge in [0, 0.05) is 12.1 Å². The lowest BCUT2D eigenvalue weighted by molar-refractivity contribution is 0.341. The minimum Gasteiger partial charge on any atom is -0.486 e. The number of hydrogen-bond acceptors (Lipinski definition) is 2. The molecule has 0 radical (unpaired) electrons. The van der Waals surface area contributed by atoms with Gasteiger partial charge in [0.1, 0.15) is 6.61 Å². The molecule has 0 aliphatic heterocycles. The van der Waals surface area contributed by atoms with Crippen molar-refractivity contribution in [2.24, 2.45) is 5.73 Å². The second-order valence-electron chi connectivity index (χ2n) is 2.64. The van der Waals surface area contributed by atoms with E-state index in [0.717, 1.165) is 5.56 Å². The molecule has 0 fully saturated rings. The lowest BCUT2D eigenvalue weighted by Crippen LogP contribution is -2.00. The topological polar surface area (TPSA) is 35.2 Å². The van der Waals surface area contributed by atoms with Gasteiger partial charge in [-0.2, -0.15) is 0 Å². The Kier molecular flexibility index (Phi) is 4.43. The first kappa shape index (κ1) is 11.0. The van der Waals surface area contributed by atoms with Crippen LogP contribution in [0.4, 0.5) is 4.39 Å². The van der Waals surface area contributed by atoms with Crippen molar-refractivity contribution in [1.82, 2.24) is 0 Å². The monoisotopic (exact) mass is 215 g/mol. The third-order valence-electron chi connectivity index (χ3n) is 1.66. The van der Waals surface area contributed by atoms with E-state index in [4.69, 9.17) is 22.1 Å². The lowest BCUT2D eigenvalue weighted by atomic mass is 10.2. The lowest BCUT2D eigenvalue weighted by Gasteiger charge is -2.05. The molecule has 0 amide bonds. The van der Waals surface area contributed by atoms with Crippen LogP contribution in [0.1, 0.15) is 5.56 Å². The maximum Gasteiger partial charge on any atom is 0.165 e. The summed E-state index contributed by atoms with van der Waals surface area (Å²) >= 11 is 5.28. The quantitative estimate of drug-likeness (QED) is 0.837. The Balaban J connectivity index is 2.68. The molecule has 14 heavy (non-hydrogen) atoms. The molecule has 0 atom stereocenters. The maximum atomic E-state index is 13.2. The highest BCUT2D eigenvalue weighted by atomic mass is 35.5. The van der Waals surface area contributed by atoms with Crippen LogP contribution in [0.3, 0.4) is 0 Å². The molecule has 1 rings (SSSR count). The molecule has 0 spiro atoms. The zero-order valence-corrected chi connectivity index (χ0v) is 8.30. The van der Waals surface area contributed by atoms with Gasteiger partial charge in [-0.05, 0) is 23.8 Å². The molecule has 76 valence electrons. The van der Waals surface area contributed by atoms with E-state index in [1.54, 1.807) is 18.2 Å². The van der Waals surface area contributed by atoms with Crippen LogP contribution in [0, 0.1) is 5.82 Å². The van der Waals surface area contributed by atoms with E-state index in [0.29, 0.717) is 6.54 Å². The second-order valence-corrected chi connectivity index (χ2v) is 2.89. The summed E-state index contributed by atoms with van der Waals surface area (Å²) in [7, 11) is 0. The molecule has 0 heterocycles. The second kappa shape index (κ2) is 5.62. The van der Waals surface area contributed by atoms with Crippen molar-refractivity contribution in [2.75, 3.05) is 6.61 Å². The predicted octanol–water partition coefficient (Wildman–Crippen LogP) is 2.42. The summed E-state index contributed by atoms with van der Waals surface area (Å²) in [5.74, 6) is -0.201. The molecule has 0 aliphatic rings. The SMILES string of the molecule is NCc1ccc(OC/C=C/Cl)c(F)c1. The molecule has 0 saturated carbocycles. The molecule has 2 N–H and O–H groups in total. The van der Waals surface area contributed by atoms with Crippen LogP contribution in [-0.4, -0.2) is 6.61 Å². The summed E-state index contributed by atoms with van der Waals surface area (Å²) in [6.07, 6.45) is 1.58. The zero-order chi connectivity index (χ0) is 10.4. The highest BCUT2D eigenvalue weighted by molar-refractivity contribution is 6.25. The van der Waals surface area contributed by atoms with Crippen molar-refractivity contribution < 1.29 is 9.13 Å². The summed E-state index contributed by atoms with van der Waals surface area (Å²) < 4.78 is 18.3. The van der Waals surface area contributed by atoms with E-state index >= 15 is 0 Å². The fourth-order valence-electron chi connectivity index (χ4n) is 0.963. The number of nitrogens with two attached hydrogens (primary N) is 1. The van der Waals surface area contributed by atoms with Gasteiger partial charge < -0.3 is 10.5 Å². The zero-order valence-electron chi connectivity index (χ0n) is 7.54. The normalized spacial score (nSPS) is 10.8. The Labute approximate surface area is 87.1 Å². The fourth-order valence-corrected chi connectivity index (χ4v) is 1.04. The summed E-state index contributed by atoms with van der Waals surface area (Å²) in [4.78, 5) is 0. The van der Waals surface area contributed by atoms with E-state index in [2.05, 4.69) is 0 Å². The number of benzene rings is 1. The number of halogens is 2. The Morgan fingerprint density at radius 1 is 1.50 bits per heavy atom. The van der Waals surface area contributed by atoms with Crippen LogP contribution in [0.5, 0.6) is 5.75 Å². The van der Waals surface area contributed by atoms with E-state index < -0.39 is 5.82 Å². The van der Waals surface area contributed by atoms with Crippen molar-refractivity contribution in [1.29, 1.82) is 0 Å². The molecule has 4 heteroatoms. The average molecular weight is 216 g/mol.